The molecule has 20 heavy (non-hydrogen) atoms. The number of benzene rings is 1. The Morgan fingerprint density at radius 1 is 1.45 bits per heavy atom. The normalized spacial score (nSPS) is 20.3. The van der Waals surface area contributed by atoms with Crippen LogP contribution in [0.1, 0.15) is 12.0 Å². The number of nitrogens with zero attached hydrogens (tertiary/aromatic N) is 1. The van der Waals surface area contributed by atoms with Gasteiger partial charge in [-0.3, -0.25) is 9.69 Å². The van der Waals surface area contributed by atoms with E-state index >= 15 is 0 Å². The van der Waals surface area contributed by atoms with Gasteiger partial charge < -0.3 is 15.6 Å². The van der Waals surface area contributed by atoms with Gasteiger partial charge in [-0.05, 0) is 11.6 Å². The molecule has 0 aromatic heterocycles. The third-order valence-electron chi connectivity index (χ3n) is 3.29. The first kappa shape index (κ1) is 15.4. The van der Waals surface area contributed by atoms with Crippen molar-refractivity contribution < 1.29 is 44.3 Å². The number of carboxylic acid groups (broad SMARTS) is 1. The van der Waals surface area contributed by atoms with E-state index in [1.807, 2.05) is 18.2 Å². The molecular formula is C13H11N2NaO3S. The maximum absolute atomic E-state index is 11.5. The van der Waals surface area contributed by atoms with E-state index in [9.17, 15) is 14.7 Å². The van der Waals surface area contributed by atoms with E-state index < -0.39 is 5.97 Å². The average Bonchev–Trinajstić information content (AvgIpc) is 2.65. The van der Waals surface area contributed by atoms with Gasteiger partial charge in [0.1, 0.15) is 0 Å². The van der Waals surface area contributed by atoms with Crippen LogP contribution in [0.25, 0.3) is 0 Å². The Bertz CT molecular complexity index is 617. The third kappa shape index (κ3) is 2.48. The second kappa shape index (κ2) is 5.81. The summed E-state index contributed by atoms with van der Waals surface area (Å²) in [5.74, 6) is -1.46. The number of hydrogen-bond acceptors (Lipinski definition) is 5. The second-order valence-corrected chi connectivity index (χ2v) is 5.75. The van der Waals surface area contributed by atoms with Crippen LogP contribution >= 0.6 is 11.8 Å². The van der Waals surface area contributed by atoms with Crippen molar-refractivity contribution in [3.05, 3.63) is 40.4 Å². The van der Waals surface area contributed by atoms with Gasteiger partial charge in [-0.15, -0.1) is 11.8 Å². The molecular weight excluding hydrogens is 287 g/mol. The van der Waals surface area contributed by atoms with Gasteiger partial charge in [0.25, 0.3) is 0 Å². The predicted molar refractivity (Wildman–Crippen MR) is 69.4 cm³/mol. The molecule has 0 unspecified atom stereocenters. The second-order valence-electron chi connectivity index (χ2n) is 4.48. The van der Waals surface area contributed by atoms with Crippen molar-refractivity contribution in [3.63, 3.8) is 0 Å². The minimum Gasteiger partial charge on any atom is -0.543 e. The summed E-state index contributed by atoms with van der Waals surface area (Å²) in [6.07, 6.45) is 0.802. The number of β-lactam (4-membered cyclic amide) rings is 1. The van der Waals surface area contributed by atoms with Gasteiger partial charge in [0.2, 0.25) is 5.91 Å². The number of carbonyl (C=O) groups excluding carboxylic acids is 2. The standard InChI is InChI=1S/C13H12N2O3S.Na/c14-8-4-2-1-3-7(8)5-9-12(13(17)18)15-10(16)6-11(15)19-9;/h1-4,11H,5-6,14H2,(H,17,18);/q;+1/p-1/t11-;/m1./s1. The SMILES string of the molecule is Nc1ccccc1CC1=C(C(=O)[O-])N2C(=O)C[C@H]2S1.[Na+]. The summed E-state index contributed by atoms with van der Waals surface area (Å²) in [7, 11) is 0. The zero-order valence-electron chi connectivity index (χ0n) is 11.0. The molecule has 1 fully saturated rings. The van der Waals surface area contributed by atoms with Crippen LogP contribution in [-0.4, -0.2) is 22.2 Å². The summed E-state index contributed by atoms with van der Waals surface area (Å²) in [6, 6.07) is 7.30. The molecule has 5 nitrogen and oxygen atoms in total. The monoisotopic (exact) mass is 298 g/mol. The van der Waals surface area contributed by atoms with Gasteiger partial charge in [-0.25, -0.2) is 0 Å². The van der Waals surface area contributed by atoms with Crippen molar-refractivity contribution in [1.29, 1.82) is 0 Å². The molecule has 0 radical (unpaired) electrons. The summed E-state index contributed by atoms with van der Waals surface area (Å²) < 4.78 is 0. The molecule has 2 N–H and O–H groups in total. The maximum atomic E-state index is 11.5. The Hall–Kier alpha value is -0.950. The topological polar surface area (TPSA) is 86.5 Å². The zero-order chi connectivity index (χ0) is 13.6. The largest absolute Gasteiger partial charge is 1.00 e. The van der Waals surface area contributed by atoms with Gasteiger partial charge >= 0.3 is 29.6 Å². The summed E-state index contributed by atoms with van der Waals surface area (Å²) in [5, 5.41) is 11.1. The molecule has 1 aromatic rings. The minimum atomic E-state index is -1.30. The molecule has 0 aliphatic carbocycles. The maximum Gasteiger partial charge on any atom is 1.00 e. The number of fused-ring (bicyclic) bond motifs is 1. The molecule has 2 heterocycles. The van der Waals surface area contributed by atoms with Crippen LogP contribution in [0.3, 0.4) is 0 Å². The molecule has 3 rings (SSSR count). The molecule has 0 spiro atoms. The number of hydrogen-bond donors (Lipinski definition) is 1. The van der Waals surface area contributed by atoms with Crippen LogP contribution in [0.2, 0.25) is 0 Å². The number of nitrogen functional groups attached to an aromatic ring is 1. The summed E-state index contributed by atoms with van der Waals surface area (Å²) in [6.45, 7) is 0. The molecule has 2 aliphatic rings. The van der Waals surface area contributed by atoms with Gasteiger partial charge in [0.05, 0.1) is 23.5 Å². The van der Waals surface area contributed by atoms with Gasteiger partial charge in [-0.2, -0.15) is 0 Å². The number of carboxylic acids is 1. The van der Waals surface area contributed by atoms with Crippen molar-refractivity contribution >= 4 is 29.3 Å². The molecule has 1 aromatic carbocycles. The summed E-state index contributed by atoms with van der Waals surface area (Å²) in [4.78, 5) is 24.6. The minimum absolute atomic E-state index is 0. The number of anilines is 1. The molecule has 1 amide bonds. The molecule has 0 saturated carbocycles. The number of thioether (sulfide) groups is 1. The van der Waals surface area contributed by atoms with Crippen LogP contribution < -0.4 is 40.4 Å². The molecule has 2 aliphatic heterocycles. The van der Waals surface area contributed by atoms with E-state index in [2.05, 4.69) is 0 Å². The van der Waals surface area contributed by atoms with Crippen LogP contribution in [0.5, 0.6) is 0 Å². The number of para-hydroxylation sites is 1. The van der Waals surface area contributed by atoms with Gasteiger partial charge in [0.15, 0.2) is 0 Å². The van der Waals surface area contributed by atoms with E-state index in [-0.39, 0.29) is 46.5 Å². The van der Waals surface area contributed by atoms with Crippen LogP contribution in [-0.2, 0) is 16.0 Å². The molecule has 7 heteroatoms. The van der Waals surface area contributed by atoms with E-state index in [0.29, 0.717) is 23.4 Å². The molecule has 98 valence electrons. The van der Waals surface area contributed by atoms with Crippen molar-refractivity contribution in [2.24, 2.45) is 0 Å². The number of aliphatic carboxylic acids is 1. The fourth-order valence-corrected chi connectivity index (χ4v) is 3.73. The van der Waals surface area contributed by atoms with E-state index in [1.54, 1.807) is 6.07 Å². The Morgan fingerprint density at radius 2 is 2.15 bits per heavy atom. The van der Waals surface area contributed by atoms with E-state index in [1.165, 1.54) is 16.7 Å². The first-order valence-corrected chi connectivity index (χ1v) is 6.72. The smallest absolute Gasteiger partial charge is 0.543 e. The number of rotatable bonds is 3. The fraction of sp³-hybridized carbons (Fsp3) is 0.231. The van der Waals surface area contributed by atoms with Crippen LogP contribution in [0.15, 0.2) is 34.9 Å². The number of allylic oxidation sites excluding steroid dienone is 1. The Labute approximate surface area is 142 Å². The zero-order valence-corrected chi connectivity index (χ0v) is 13.8. The number of nitrogens with two attached hydrogens (primary N) is 1. The van der Waals surface area contributed by atoms with E-state index in [4.69, 9.17) is 5.73 Å². The quantitative estimate of drug-likeness (QED) is 0.367. The molecule has 0 bridgehead atoms. The molecule has 1 saturated heterocycles. The fourth-order valence-electron chi connectivity index (χ4n) is 2.31. The Morgan fingerprint density at radius 3 is 2.75 bits per heavy atom. The van der Waals surface area contributed by atoms with Gasteiger partial charge in [0, 0.05) is 17.0 Å². The molecule has 1 atom stereocenters. The Balaban J connectivity index is 0.00000147. The first-order valence-electron chi connectivity index (χ1n) is 5.84. The van der Waals surface area contributed by atoms with E-state index in [0.717, 1.165) is 5.56 Å². The number of amides is 1. The predicted octanol–water partition coefficient (Wildman–Crippen LogP) is -2.92. The van der Waals surface area contributed by atoms with Crippen LogP contribution in [0.4, 0.5) is 5.69 Å². The number of carbonyl (C=O) groups is 2. The summed E-state index contributed by atoms with van der Waals surface area (Å²) >= 11 is 1.41. The van der Waals surface area contributed by atoms with Crippen molar-refractivity contribution in [3.8, 4) is 0 Å². The van der Waals surface area contributed by atoms with Crippen molar-refractivity contribution in [2.75, 3.05) is 5.73 Å². The van der Waals surface area contributed by atoms with Crippen molar-refractivity contribution in [1.82, 2.24) is 4.90 Å². The van der Waals surface area contributed by atoms with Gasteiger partial charge in [-0.1, -0.05) is 18.2 Å². The Kier molecular flexibility index (Phi) is 4.49. The third-order valence-corrected chi connectivity index (χ3v) is 4.56. The van der Waals surface area contributed by atoms with Crippen molar-refractivity contribution in [2.45, 2.75) is 18.2 Å². The van der Waals surface area contributed by atoms with Crippen LogP contribution in [0, 0.1) is 0 Å². The average molecular weight is 298 g/mol. The first-order chi connectivity index (χ1) is 9.08. The summed E-state index contributed by atoms with van der Waals surface area (Å²) in [5.41, 5.74) is 7.35.